The van der Waals surface area contributed by atoms with Crippen LogP contribution in [0.15, 0.2) is 40.6 Å². The van der Waals surface area contributed by atoms with Crippen molar-refractivity contribution in [3.63, 3.8) is 0 Å². The second-order valence-electron chi connectivity index (χ2n) is 11.6. The number of aromatic nitrogens is 4. The number of amides is 1. The summed E-state index contributed by atoms with van der Waals surface area (Å²) in [5.74, 6) is 1.03. The summed E-state index contributed by atoms with van der Waals surface area (Å²) in [6.45, 7) is 7.42. The lowest BCUT2D eigenvalue weighted by Gasteiger charge is -2.51. The molecule has 1 unspecified atom stereocenters. The van der Waals surface area contributed by atoms with Crippen LogP contribution >= 0.6 is 23.4 Å². The molecule has 0 radical (unpaired) electrons. The van der Waals surface area contributed by atoms with Gasteiger partial charge in [-0.15, -0.1) is 0 Å². The van der Waals surface area contributed by atoms with Crippen LogP contribution in [0.3, 0.4) is 0 Å². The van der Waals surface area contributed by atoms with Crippen LogP contribution in [0.1, 0.15) is 40.0 Å². The highest BCUT2D eigenvalue weighted by molar-refractivity contribution is 7.99. The Morgan fingerprint density at radius 1 is 1.15 bits per heavy atom. The molecule has 1 atom stereocenters. The Balaban J connectivity index is 1.35. The minimum absolute atomic E-state index is 0.218. The summed E-state index contributed by atoms with van der Waals surface area (Å²) in [5.41, 5.74) is 5.70. The van der Waals surface area contributed by atoms with Crippen molar-refractivity contribution < 1.29 is 17.9 Å². The molecule has 2 aliphatic rings. The monoisotopic (exact) mass is 622 g/mol. The number of nitrogens with one attached hydrogen (secondary N) is 1. The molecule has 12 nitrogen and oxygen atoms in total. The fourth-order valence-corrected chi connectivity index (χ4v) is 7.52. The molecule has 2 aliphatic heterocycles. The van der Waals surface area contributed by atoms with Crippen LogP contribution in [0.25, 0.3) is 5.65 Å². The average molecular weight is 623 g/mol. The first-order valence-electron chi connectivity index (χ1n) is 13.4. The normalized spacial score (nSPS) is 19.9. The third kappa shape index (κ3) is 6.35. The molecule has 1 amide bonds. The van der Waals surface area contributed by atoms with Gasteiger partial charge < -0.3 is 20.7 Å². The van der Waals surface area contributed by atoms with E-state index in [2.05, 4.69) is 20.2 Å². The van der Waals surface area contributed by atoms with Crippen LogP contribution in [0, 0.1) is 5.41 Å². The molecule has 1 spiro atoms. The van der Waals surface area contributed by atoms with Crippen molar-refractivity contribution in [1.29, 1.82) is 0 Å². The number of sulfonamides is 1. The van der Waals surface area contributed by atoms with Crippen LogP contribution in [0.4, 0.5) is 16.6 Å². The smallest absolute Gasteiger partial charge is 0.407 e. The Kier molecular flexibility index (Phi) is 8.05. The zero-order valence-electron chi connectivity index (χ0n) is 23.5. The largest absolute Gasteiger partial charge is 0.444 e. The molecule has 3 N–H and O–H groups in total. The first kappa shape index (κ1) is 29.7. The van der Waals surface area contributed by atoms with Gasteiger partial charge in [0.2, 0.25) is 16.0 Å². The zero-order chi connectivity index (χ0) is 29.6. The zero-order valence-corrected chi connectivity index (χ0v) is 25.9. The Morgan fingerprint density at radius 3 is 2.54 bits per heavy atom. The summed E-state index contributed by atoms with van der Waals surface area (Å²) in [7, 11) is -3.40. The number of piperidine rings is 2. The third-order valence-corrected chi connectivity index (χ3v) is 10.5. The first-order chi connectivity index (χ1) is 19.3. The van der Waals surface area contributed by atoms with Gasteiger partial charge >= 0.3 is 6.09 Å². The van der Waals surface area contributed by atoms with E-state index in [-0.39, 0.29) is 23.8 Å². The summed E-state index contributed by atoms with van der Waals surface area (Å²) < 4.78 is 33.7. The van der Waals surface area contributed by atoms with Crippen LogP contribution in [0.2, 0.25) is 5.02 Å². The molecule has 0 aromatic carbocycles. The molecular formula is C26H35ClN8O4S2. The molecular weight excluding hydrogens is 588 g/mol. The van der Waals surface area contributed by atoms with Crippen LogP contribution in [-0.2, 0) is 14.8 Å². The van der Waals surface area contributed by atoms with Crippen LogP contribution in [0.5, 0.6) is 0 Å². The van der Waals surface area contributed by atoms with Gasteiger partial charge in [-0.3, -0.25) is 4.40 Å². The predicted molar refractivity (Wildman–Crippen MR) is 159 cm³/mol. The van der Waals surface area contributed by atoms with E-state index in [1.165, 1.54) is 22.3 Å². The number of hydrogen-bond donors (Lipinski definition) is 2. The number of nitrogens with two attached hydrogens (primary N) is 1. The highest BCUT2D eigenvalue weighted by Gasteiger charge is 2.48. The average Bonchev–Trinajstić information content (AvgIpc) is 3.38. The van der Waals surface area contributed by atoms with Crippen LogP contribution < -0.4 is 16.0 Å². The molecule has 0 bridgehead atoms. The number of imidazole rings is 1. The summed E-state index contributed by atoms with van der Waals surface area (Å²) >= 11 is 7.79. The third-order valence-electron chi connectivity index (χ3n) is 7.66. The van der Waals surface area contributed by atoms with Crippen molar-refractivity contribution in [2.24, 2.45) is 5.41 Å². The molecule has 41 heavy (non-hydrogen) atoms. The van der Waals surface area contributed by atoms with E-state index in [0.717, 1.165) is 34.2 Å². The number of anilines is 2. The highest BCUT2D eigenvalue weighted by atomic mass is 35.5. The SMILES string of the molecule is CC(C)(C)OC(=O)NC1CN(S(C)(=O)=O)CCC12CCN(c1ncc(Sc3ccnc(N)c3Cl)c3nccn13)CC2. The highest BCUT2D eigenvalue weighted by Crippen LogP contribution is 2.43. The Labute approximate surface area is 249 Å². The number of halogens is 1. The number of carbonyl (C=O) groups is 1. The van der Waals surface area contributed by atoms with E-state index < -0.39 is 21.7 Å². The number of pyridine rings is 1. The van der Waals surface area contributed by atoms with E-state index in [1.54, 1.807) is 45.4 Å². The number of rotatable bonds is 5. The van der Waals surface area contributed by atoms with Gasteiger partial charge in [-0.05, 0) is 51.5 Å². The molecule has 3 aromatic rings. The molecule has 2 saturated heterocycles. The number of hydrogen-bond acceptors (Lipinski definition) is 10. The van der Waals surface area contributed by atoms with Gasteiger partial charge in [0.1, 0.15) is 11.4 Å². The Hall–Kier alpha value is -2.81. The van der Waals surface area contributed by atoms with Crippen molar-refractivity contribution in [1.82, 2.24) is 29.0 Å². The van der Waals surface area contributed by atoms with Crippen molar-refractivity contribution in [3.8, 4) is 0 Å². The second kappa shape index (κ2) is 11.1. The van der Waals surface area contributed by atoms with E-state index in [0.29, 0.717) is 31.1 Å². The maximum absolute atomic E-state index is 12.8. The fourth-order valence-electron chi connectivity index (χ4n) is 5.54. The number of carbonyl (C=O) groups excluding carboxylic acids is 1. The van der Waals surface area contributed by atoms with Gasteiger partial charge in [-0.25, -0.2) is 32.5 Å². The van der Waals surface area contributed by atoms with Gasteiger partial charge in [0.15, 0.2) is 5.65 Å². The topological polar surface area (TPSA) is 148 Å². The maximum atomic E-state index is 12.8. The predicted octanol–water partition coefficient (Wildman–Crippen LogP) is 3.66. The second-order valence-corrected chi connectivity index (χ2v) is 15.0. The van der Waals surface area contributed by atoms with Crippen molar-refractivity contribution >= 4 is 56.9 Å². The summed E-state index contributed by atoms with van der Waals surface area (Å²) in [6.07, 6.45) is 9.85. The number of nitrogens with zero attached hydrogens (tertiary/aromatic N) is 6. The van der Waals surface area contributed by atoms with Gasteiger partial charge in [-0.2, -0.15) is 0 Å². The van der Waals surface area contributed by atoms with E-state index >= 15 is 0 Å². The lowest BCUT2D eigenvalue weighted by atomic mass is 9.68. The minimum atomic E-state index is -3.40. The van der Waals surface area contributed by atoms with E-state index in [9.17, 15) is 13.2 Å². The molecule has 0 aliphatic carbocycles. The number of fused-ring (bicyclic) bond motifs is 1. The standard InChI is InChI=1S/C26H35ClN8O4S2/c1-25(2,3)39-24(36)32-19-16-34(41(4,37)38)13-8-26(19)6-11-33(12-7-26)23-31-15-18(22-30-10-14-35(22)23)40-17-5-9-29-21(28)20(17)27/h5,9-10,14-15,19H,6-8,11-13,16H2,1-4H3,(H2,28,29)(H,32,36). The Bertz CT molecular complexity index is 1550. The molecule has 2 fully saturated rings. The lowest BCUT2D eigenvalue weighted by Crippen LogP contribution is -2.62. The van der Waals surface area contributed by atoms with E-state index in [4.69, 9.17) is 27.1 Å². The van der Waals surface area contributed by atoms with Crippen molar-refractivity contribution in [3.05, 3.63) is 35.9 Å². The quantitative estimate of drug-likeness (QED) is 0.432. The summed E-state index contributed by atoms with van der Waals surface area (Å²) in [5, 5.41) is 3.41. The Morgan fingerprint density at radius 2 is 1.85 bits per heavy atom. The first-order valence-corrected chi connectivity index (χ1v) is 16.4. The summed E-state index contributed by atoms with van der Waals surface area (Å²) in [4.78, 5) is 30.0. The molecule has 5 rings (SSSR count). The van der Waals surface area contributed by atoms with Gasteiger partial charge in [-0.1, -0.05) is 23.4 Å². The van der Waals surface area contributed by atoms with Crippen molar-refractivity contribution in [2.75, 3.05) is 43.1 Å². The van der Waals surface area contributed by atoms with Gasteiger partial charge in [0.25, 0.3) is 0 Å². The van der Waals surface area contributed by atoms with Gasteiger partial charge in [0.05, 0.1) is 22.2 Å². The molecule has 5 heterocycles. The minimum Gasteiger partial charge on any atom is -0.444 e. The summed E-state index contributed by atoms with van der Waals surface area (Å²) in [6, 6.07) is 1.43. The van der Waals surface area contributed by atoms with Crippen molar-refractivity contribution in [2.45, 2.75) is 61.5 Å². The van der Waals surface area contributed by atoms with E-state index in [1.807, 2.05) is 10.6 Å². The maximum Gasteiger partial charge on any atom is 0.407 e. The van der Waals surface area contributed by atoms with Gasteiger partial charge in [0, 0.05) is 55.9 Å². The fraction of sp³-hybridized carbons (Fsp3) is 0.538. The molecule has 3 aromatic heterocycles. The number of ether oxygens (including phenoxy) is 1. The van der Waals surface area contributed by atoms with Crippen LogP contribution in [-0.4, -0.2) is 82.2 Å². The number of nitrogen functional groups attached to an aromatic ring is 1. The molecule has 222 valence electrons. The molecule has 0 saturated carbocycles. The number of alkyl carbamates (subject to hydrolysis) is 1. The molecule has 15 heteroatoms. The lowest BCUT2D eigenvalue weighted by molar-refractivity contribution is 0.0281.